The summed E-state index contributed by atoms with van der Waals surface area (Å²) >= 11 is 5.91. The van der Waals surface area contributed by atoms with Crippen LogP contribution in [0.25, 0.3) is 11.0 Å². The lowest BCUT2D eigenvalue weighted by atomic mass is 10.2. The van der Waals surface area contributed by atoms with Gasteiger partial charge in [-0.3, -0.25) is 4.79 Å². The van der Waals surface area contributed by atoms with Crippen LogP contribution in [0.1, 0.15) is 21.7 Å². The standard InChI is InChI=1S/C18H16ClN3O4/c1-11-17(18(23)20-10-12-3-6-14(26-2)7-4-12)22(25)16-9-13(19)5-8-15(16)21(11)24/h3-9H,10H2,1-2H3,(H,20,23). The van der Waals surface area contributed by atoms with E-state index < -0.39 is 5.91 Å². The number of carbonyl (C=O) groups excluding carboxylic acids is 1. The molecular weight excluding hydrogens is 358 g/mol. The van der Waals surface area contributed by atoms with E-state index in [1.54, 1.807) is 31.4 Å². The molecule has 0 saturated heterocycles. The lowest BCUT2D eigenvalue weighted by Crippen LogP contribution is -2.36. The van der Waals surface area contributed by atoms with E-state index in [0.717, 1.165) is 5.56 Å². The molecule has 3 rings (SSSR count). The lowest BCUT2D eigenvalue weighted by Gasteiger charge is -2.16. The van der Waals surface area contributed by atoms with Crippen molar-refractivity contribution in [3.8, 4) is 5.75 Å². The number of hydrogen-bond donors (Lipinski definition) is 1. The summed E-state index contributed by atoms with van der Waals surface area (Å²) in [6.45, 7) is 1.63. The number of carbonyl (C=O) groups is 1. The van der Waals surface area contributed by atoms with Crippen molar-refractivity contribution in [2.24, 2.45) is 0 Å². The second-order valence-corrected chi connectivity index (χ2v) is 6.12. The largest absolute Gasteiger partial charge is 0.805 e. The number of benzene rings is 2. The molecule has 0 spiro atoms. The van der Waals surface area contributed by atoms with Crippen molar-refractivity contribution in [2.45, 2.75) is 13.5 Å². The van der Waals surface area contributed by atoms with Crippen LogP contribution in [0.4, 0.5) is 0 Å². The van der Waals surface area contributed by atoms with Crippen LogP contribution in [-0.2, 0) is 6.54 Å². The summed E-state index contributed by atoms with van der Waals surface area (Å²) in [6.07, 6.45) is 0. The maximum Gasteiger partial charge on any atom is 0.346 e. The van der Waals surface area contributed by atoms with E-state index in [4.69, 9.17) is 16.3 Å². The Bertz CT molecular complexity index is 1040. The van der Waals surface area contributed by atoms with E-state index in [1.165, 1.54) is 25.1 Å². The number of fused-ring (bicyclic) bond motifs is 1. The molecule has 0 saturated carbocycles. The predicted octanol–water partition coefficient (Wildman–Crippen LogP) is 2.80. The van der Waals surface area contributed by atoms with Crippen molar-refractivity contribution in [2.75, 3.05) is 7.11 Å². The molecular formula is C18H16ClN3O4. The van der Waals surface area contributed by atoms with Gasteiger partial charge in [0.15, 0.2) is 0 Å². The smallest absolute Gasteiger partial charge is 0.346 e. The molecule has 0 fully saturated rings. The van der Waals surface area contributed by atoms with Gasteiger partial charge >= 0.3 is 11.6 Å². The van der Waals surface area contributed by atoms with E-state index in [1.807, 2.05) is 0 Å². The maximum absolute atomic E-state index is 12.6. The zero-order valence-electron chi connectivity index (χ0n) is 14.2. The number of nitrogens with zero attached hydrogens (tertiary/aromatic N) is 2. The number of aromatic nitrogens is 2. The number of ether oxygens (including phenoxy) is 1. The van der Waals surface area contributed by atoms with E-state index in [-0.39, 0.29) is 29.0 Å². The average molecular weight is 374 g/mol. The van der Waals surface area contributed by atoms with Crippen LogP contribution in [-0.4, -0.2) is 17.7 Å². The Morgan fingerprint density at radius 2 is 1.96 bits per heavy atom. The number of rotatable bonds is 4. The molecule has 0 bridgehead atoms. The molecule has 0 unspecified atom stereocenters. The molecule has 0 aliphatic heterocycles. The van der Waals surface area contributed by atoms with Gasteiger partial charge in [-0.05, 0) is 36.8 Å². The van der Waals surface area contributed by atoms with E-state index in [9.17, 15) is 14.9 Å². The Hall–Kier alpha value is -3.06. The van der Waals surface area contributed by atoms with Gasteiger partial charge < -0.3 is 20.0 Å². The summed E-state index contributed by atoms with van der Waals surface area (Å²) in [5, 5.41) is 15.3. The Labute approximate surface area is 154 Å². The van der Waals surface area contributed by atoms with Gasteiger partial charge in [0.25, 0.3) is 5.52 Å². The van der Waals surface area contributed by atoms with Gasteiger partial charge in [0.1, 0.15) is 11.3 Å². The minimum Gasteiger partial charge on any atom is -0.805 e. The molecule has 1 N–H and O–H groups in total. The van der Waals surface area contributed by atoms with Gasteiger partial charge in [-0.2, -0.15) is 0 Å². The number of nitrogens with one attached hydrogen (secondary N) is 1. The molecule has 3 aromatic rings. The van der Waals surface area contributed by atoms with E-state index in [0.29, 0.717) is 19.9 Å². The highest BCUT2D eigenvalue weighted by molar-refractivity contribution is 6.31. The quantitative estimate of drug-likeness (QED) is 0.712. The van der Waals surface area contributed by atoms with Crippen LogP contribution in [0, 0.1) is 17.0 Å². The van der Waals surface area contributed by atoms with Crippen LogP contribution in [0.5, 0.6) is 5.75 Å². The zero-order valence-corrected chi connectivity index (χ0v) is 14.9. The molecule has 0 atom stereocenters. The second kappa shape index (κ2) is 7.05. The molecule has 134 valence electrons. The van der Waals surface area contributed by atoms with Gasteiger partial charge in [-0.25, -0.2) is 0 Å². The molecule has 26 heavy (non-hydrogen) atoms. The second-order valence-electron chi connectivity index (χ2n) is 5.69. The van der Waals surface area contributed by atoms with Crippen molar-refractivity contribution in [3.63, 3.8) is 0 Å². The van der Waals surface area contributed by atoms with E-state index >= 15 is 0 Å². The Morgan fingerprint density at radius 1 is 1.27 bits per heavy atom. The predicted molar refractivity (Wildman–Crippen MR) is 98.0 cm³/mol. The highest BCUT2D eigenvalue weighted by Crippen LogP contribution is 2.18. The summed E-state index contributed by atoms with van der Waals surface area (Å²) in [4.78, 5) is 25.1. The first-order valence-corrected chi connectivity index (χ1v) is 8.16. The molecule has 0 radical (unpaired) electrons. The van der Waals surface area contributed by atoms with E-state index in [2.05, 4.69) is 5.32 Å². The van der Waals surface area contributed by atoms with Gasteiger partial charge in [0.05, 0.1) is 17.2 Å². The lowest BCUT2D eigenvalue weighted by molar-refractivity contribution is -0.468. The van der Waals surface area contributed by atoms with Gasteiger partial charge in [0, 0.05) is 22.5 Å². The molecule has 8 heteroatoms. The average Bonchev–Trinajstić information content (AvgIpc) is 2.65. The zero-order chi connectivity index (χ0) is 18.8. The SMILES string of the molecule is COc1ccc(CNC(=O)c2c(C)n([O-])c3ccc(Cl)cc3[n+]2=O)cc1. The topological polar surface area (TPSA) is 89.3 Å². The van der Waals surface area contributed by atoms with Gasteiger partial charge in [-0.1, -0.05) is 23.7 Å². The number of hydrogen-bond acceptors (Lipinski definition) is 4. The molecule has 7 nitrogen and oxygen atoms in total. The third-order valence-electron chi connectivity index (χ3n) is 4.05. The van der Waals surface area contributed by atoms with Crippen LogP contribution < -0.4 is 14.5 Å². The summed E-state index contributed by atoms with van der Waals surface area (Å²) in [6, 6.07) is 11.5. The molecule has 1 amide bonds. The molecule has 1 aromatic heterocycles. The Balaban J connectivity index is 1.93. The normalized spacial score (nSPS) is 10.7. The minimum absolute atomic E-state index is 0.0158. The third-order valence-corrected chi connectivity index (χ3v) is 4.29. The van der Waals surface area contributed by atoms with Crippen LogP contribution in [0.3, 0.4) is 0 Å². The summed E-state index contributed by atoms with van der Waals surface area (Å²) < 4.78 is 6.08. The van der Waals surface area contributed by atoms with Crippen LogP contribution in [0.2, 0.25) is 5.02 Å². The molecule has 2 aromatic carbocycles. The van der Waals surface area contributed by atoms with Crippen molar-refractivity contribution in [3.05, 3.63) is 74.6 Å². The summed E-state index contributed by atoms with van der Waals surface area (Å²) in [7, 11) is 1.57. The number of halogens is 1. The van der Waals surface area contributed by atoms with Gasteiger partial charge in [0.2, 0.25) is 0 Å². The van der Waals surface area contributed by atoms with Crippen molar-refractivity contribution in [1.29, 1.82) is 0 Å². The fourth-order valence-corrected chi connectivity index (χ4v) is 2.81. The van der Waals surface area contributed by atoms with Crippen molar-refractivity contribution >= 4 is 28.5 Å². The summed E-state index contributed by atoms with van der Waals surface area (Å²) in [5.41, 5.74) is 0.764. The third kappa shape index (κ3) is 3.21. The number of methoxy groups -OCH3 is 1. The first-order chi connectivity index (χ1) is 12.4. The van der Waals surface area contributed by atoms with Crippen molar-refractivity contribution in [1.82, 2.24) is 10.0 Å². The van der Waals surface area contributed by atoms with Crippen LogP contribution >= 0.6 is 11.6 Å². The maximum atomic E-state index is 12.6. The molecule has 1 heterocycles. The van der Waals surface area contributed by atoms with Gasteiger partial charge in [-0.15, -0.1) is 0 Å². The summed E-state index contributed by atoms with van der Waals surface area (Å²) in [5.74, 6) is 0.0620. The van der Waals surface area contributed by atoms with Crippen LogP contribution in [0.15, 0.2) is 42.5 Å². The minimum atomic E-state index is -0.639. The first-order valence-electron chi connectivity index (χ1n) is 7.78. The monoisotopic (exact) mass is 373 g/mol. The molecule has 0 aliphatic carbocycles. The van der Waals surface area contributed by atoms with Crippen molar-refractivity contribution < 1.29 is 14.0 Å². The molecule has 0 aliphatic rings. The fourth-order valence-electron chi connectivity index (χ4n) is 2.64. The fraction of sp³-hybridized carbons (Fsp3) is 0.167. The number of amides is 1. The Morgan fingerprint density at radius 3 is 2.62 bits per heavy atom. The highest BCUT2D eigenvalue weighted by atomic mass is 35.5. The Kier molecular flexibility index (Phi) is 4.81. The first kappa shape index (κ1) is 17.8. The highest BCUT2D eigenvalue weighted by Gasteiger charge is 2.26.